The van der Waals surface area contributed by atoms with E-state index >= 15 is 0 Å². The van der Waals surface area contributed by atoms with Gasteiger partial charge >= 0.3 is 5.97 Å². The van der Waals surface area contributed by atoms with Crippen molar-refractivity contribution in [1.29, 1.82) is 5.26 Å². The lowest BCUT2D eigenvalue weighted by molar-refractivity contribution is 0.0690. The Balaban J connectivity index is 2.29. The highest BCUT2D eigenvalue weighted by molar-refractivity contribution is 9.10. The fourth-order valence-corrected chi connectivity index (χ4v) is 1.83. The second-order valence-corrected chi connectivity index (χ2v) is 4.38. The van der Waals surface area contributed by atoms with Gasteiger partial charge in [0.25, 0.3) is 0 Å². The number of hydrogen-bond acceptors (Lipinski definition) is 5. The SMILES string of the molecule is N#Cc1ccc(Nc2cncc(C(=O)O)n2)c(Br)c1. The summed E-state index contributed by atoms with van der Waals surface area (Å²) in [5, 5.41) is 20.5. The zero-order valence-corrected chi connectivity index (χ0v) is 11.0. The molecule has 1 aromatic heterocycles. The number of nitrogens with zero attached hydrogens (tertiary/aromatic N) is 3. The van der Waals surface area contributed by atoms with Crippen molar-refractivity contribution in [1.82, 2.24) is 9.97 Å². The van der Waals surface area contributed by atoms with E-state index in [0.717, 1.165) is 0 Å². The maximum absolute atomic E-state index is 10.8. The van der Waals surface area contributed by atoms with Crippen molar-refractivity contribution in [2.45, 2.75) is 0 Å². The Morgan fingerprint density at radius 3 is 2.84 bits per heavy atom. The predicted molar refractivity (Wildman–Crippen MR) is 71.1 cm³/mol. The molecule has 0 unspecified atom stereocenters. The molecule has 0 saturated carbocycles. The summed E-state index contributed by atoms with van der Waals surface area (Å²) in [6, 6.07) is 7.00. The van der Waals surface area contributed by atoms with Gasteiger partial charge in [-0.15, -0.1) is 0 Å². The van der Waals surface area contributed by atoms with E-state index in [1.807, 2.05) is 6.07 Å². The van der Waals surface area contributed by atoms with Crippen LogP contribution in [0, 0.1) is 11.3 Å². The summed E-state index contributed by atoms with van der Waals surface area (Å²) in [4.78, 5) is 18.5. The van der Waals surface area contributed by atoms with Gasteiger partial charge in [0.2, 0.25) is 0 Å². The Morgan fingerprint density at radius 2 is 2.21 bits per heavy atom. The first kappa shape index (κ1) is 13.0. The molecule has 0 atom stereocenters. The van der Waals surface area contributed by atoms with Crippen LogP contribution in [0.5, 0.6) is 0 Å². The van der Waals surface area contributed by atoms with Crippen LogP contribution < -0.4 is 5.32 Å². The monoisotopic (exact) mass is 318 g/mol. The normalized spacial score (nSPS) is 9.68. The van der Waals surface area contributed by atoms with E-state index in [9.17, 15) is 4.79 Å². The van der Waals surface area contributed by atoms with Crippen LogP contribution in [0.4, 0.5) is 11.5 Å². The van der Waals surface area contributed by atoms with Crippen LogP contribution in [0.1, 0.15) is 16.1 Å². The summed E-state index contributed by atoms with van der Waals surface area (Å²) < 4.78 is 0.675. The summed E-state index contributed by atoms with van der Waals surface area (Å²) in [6.45, 7) is 0. The van der Waals surface area contributed by atoms with E-state index < -0.39 is 5.97 Å². The van der Waals surface area contributed by atoms with Crippen molar-refractivity contribution in [2.24, 2.45) is 0 Å². The predicted octanol–water partition coefficient (Wildman–Crippen LogP) is 2.55. The summed E-state index contributed by atoms with van der Waals surface area (Å²) in [5.41, 5.74) is 1.04. The van der Waals surface area contributed by atoms with Gasteiger partial charge in [0.1, 0.15) is 5.82 Å². The molecule has 0 aliphatic rings. The molecule has 94 valence electrons. The van der Waals surface area contributed by atoms with Crippen LogP contribution >= 0.6 is 15.9 Å². The number of aromatic nitrogens is 2. The molecule has 1 aromatic carbocycles. The molecular weight excluding hydrogens is 312 g/mol. The Labute approximate surface area is 116 Å². The zero-order valence-electron chi connectivity index (χ0n) is 9.46. The minimum atomic E-state index is -1.14. The van der Waals surface area contributed by atoms with Gasteiger partial charge in [-0.2, -0.15) is 5.26 Å². The first-order valence-electron chi connectivity index (χ1n) is 5.12. The number of benzene rings is 1. The van der Waals surface area contributed by atoms with Crippen molar-refractivity contribution in [3.63, 3.8) is 0 Å². The summed E-state index contributed by atoms with van der Waals surface area (Å²) in [6.07, 6.45) is 2.58. The van der Waals surface area contributed by atoms with Crippen LogP contribution in [0.15, 0.2) is 35.1 Å². The number of carboxylic acids is 1. The first-order chi connectivity index (χ1) is 9.10. The average molecular weight is 319 g/mol. The van der Waals surface area contributed by atoms with E-state index in [1.54, 1.807) is 18.2 Å². The summed E-state index contributed by atoms with van der Waals surface area (Å²) in [7, 11) is 0. The third kappa shape index (κ3) is 3.05. The maximum atomic E-state index is 10.8. The molecular formula is C12H7BrN4O2. The molecule has 0 amide bonds. The third-order valence-corrected chi connectivity index (χ3v) is 2.87. The number of halogens is 1. The molecule has 0 aliphatic heterocycles. The molecule has 2 rings (SSSR count). The Bertz CT molecular complexity index is 682. The quantitative estimate of drug-likeness (QED) is 0.902. The molecule has 2 aromatic rings. The highest BCUT2D eigenvalue weighted by Gasteiger charge is 2.07. The van der Waals surface area contributed by atoms with Crippen molar-refractivity contribution in [3.8, 4) is 6.07 Å². The lowest BCUT2D eigenvalue weighted by Gasteiger charge is -2.07. The number of carboxylic acid groups (broad SMARTS) is 1. The molecule has 1 heterocycles. The van der Waals surface area contributed by atoms with Gasteiger partial charge in [-0.3, -0.25) is 4.98 Å². The number of anilines is 2. The molecule has 2 N–H and O–H groups in total. The van der Waals surface area contributed by atoms with Gasteiger partial charge in [0.15, 0.2) is 5.69 Å². The number of rotatable bonds is 3. The van der Waals surface area contributed by atoms with Gasteiger partial charge in [0, 0.05) is 4.47 Å². The van der Waals surface area contributed by atoms with Gasteiger partial charge in [0.05, 0.1) is 29.7 Å². The van der Waals surface area contributed by atoms with Crippen molar-refractivity contribution < 1.29 is 9.90 Å². The van der Waals surface area contributed by atoms with Gasteiger partial charge in [-0.25, -0.2) is 9.78 Å². The smallest absolute Gasteiger partial charge is 0.356 e. The fourth-order valence-electron chi connectivity index (χ4n) is 1.35. The zero-order chi connectivity index (χ0) is 13.8. The van der Waals surface area contributed by atoms with Gasteiger partial charge in [-0.05, 0) is 34.1 Å². The summed E-state index contributed by atoms with van der Waals surface area (Å²) in [5.74, 6) is -0.833. The molecule has 19 heavy (non-hydrogen) atoms. The maximum Gasteiger partial charge on any atom is 0.356 e. The minimum absolute atomic E-state index is 0.144. The number of nitriles is 1. The Hall–Kier alpha value is -2.46. The van der Waals surface area contributed by atoms with Crippen molar-refractivity contribution >= 4 is 33.4 Å². The molecule has 7 heteroatoms. The van der Waals surface area contributed by atoms with Crippen LogP contribution in [-0.2, 0) is 0 Å². The second-order valence-electron chi connectivity index (χ2n) is 3.53. The van der Waals surface area contributed by atoms with E-state index in [2.05, 4.69) is 31.2 Å². The van der Waals surface area contributed by atoms with E-state index in [4.69, 9.17) is 10.4 Å². The standard InChI is InChI=1S/C12H7BrN4O2/c13-8-3-7(4-14)1-2-9(8)16-11-6-15-5-10(17-11)12(18)19/h1-3,5-6H,(H,16,17)(H,18,19). The van der Waals surface area contributed by atoms with Crippen LogP contribution in [0.25, 0.3) is 0 Å². The lowest BCUT2D eigenvalue weighted by Crippen LogP contribution is -2.04. The molecule has 0 bridgehead atoms. The van der Waals surface area contributed by atoms with Gasteiger partial charge < -0.3 is 10.4 Å². The van der Waals surface area contributed by atoms with E-state index in [1.165, 1.54) is 12.4 Å². The number of aromatic carboxylic acids is 1. The van der Waals surface area contributed by atoms with Crippen LogP contribution in [-0.4, -0.2) is 21.0 Å². The molecule has 0 fully saturated rings. The number of nitrogens with one attached hydrogen (secondary N) is 1. The molecule has 0 saturated heterocycles. The Kier molecular flexibility index (Phi) is 3.73. The largest absolute Gasteiger partial charge is 0.476 e. The Morgan fingerprint density at radius 1 is 1.42 bits per heavy atom. The van der Waals surface area contributed by atoms with E-state index in [0.29, 0.717) is 21.5 Å². The highest BCUT2D eigenvalue weighted by Crippen LogP contribution is 2.25. The van der Waals surface area contributed by atoms with Crippen LogP contribution in [0.3, 0.4) is 0 Å². The van der Waals surface area contributed by atoms with E-state index in [-0.39, 0.29) is 5.69 Å². The van der Waals surface area contributed by atoms with Crippen LogP contribution in [0.2, 0.25) is 0 Å². The molecule has 0 aliphatic carbocycles. The number of hydrogen-bond donors (Lipinski definition) is 2. The summed E-state index contributed by atoms with van der Waals surface area (Å²) >= 11 is 3.31. The van der Waals surface area contributed by atoms with Crippen molar-refractivity contribution in [3.05, 3.63) is 46.3 Å². The second kappa shape index (κ2) is 5.46. The lowest BCUT2D eigenvalue weighted by atomic mass is 10.2. The minimum Gasteiger partial charge on any atom is -0.476 e. The fraction of sp³-hybridized carbons (Fsp3) is 0. The van der Waals surface area contributed by atoms with Crippen molar-refractivity contribution in [2.75, 3.05) is 5.32 Å². The highest BCUT2D eigenvalue weighted by atomic mass is 79.9. The average Bonchev–Trinajstić information content (AvgIpc) is 2.41. The van der Waals surface area contributed by atoms with Gasteiger partial charge in [-0.1, -0.05) is 0 Å². The number of carbonyl (C=O) groups is 1. The molecule has 0 spiro atoms. The topological polar surface area (TPSA) is 98.9 Å². The first-order valence-corrected chi connectivity index (χ1v) is 5.91. The third-order valence-electron chi connectivity index (χ3n) is 2.21. The molecule has 6 nitrogen and oxygen atoms in total. The molecule has 0 radical (unpaired) electrons.